The zero-order chi connectivity index (χ0) is 17.6. The Morgan fingerprint density at radius 2 is 1.96 bits per heavy atom. The molecule has 0 spiro atoms. The van der Waals surface area contributed by atoms with Crippen molar-refractivity contribution < 1.29 is 14.6 Å². The summed E-state index contributed by atoms with van der Waals surface area (Å²) < 4.78 is 6.01. The molecule has 1 aromatic carbocycles. The van der Waals surface area contributed by atoms with Crippen LogP contribution < -0.4 is 10.1 Å². The molecule has 138 valence electrons. The van der Waals surface area contributed by atoms with Gasteiger partial charge < -0.3 is 20.1 Å². The van der Waals surface area contributed by atoms with Crippen molar-refractivity contribution in [2.24, 2.45) is 5.92 Å². The fourth-order valence-corrected chi connectivity index (χ4v) is 3.57. The van der Waals surface area contributed by atoms with E-state index in [0.29, 0.717) is 19.2 Å². The van der Waals surface area contributed by atoms with Gasteiger partial charge >= 0.3 is 6.03 Å². The van der Waals surface area contributed by atoms with Gasteiger partial charge in [-0.3, -0.25) is 0 Å². The molecule has 5 nitrogen and oxygen atoms in total. The SMILES string of the molecule is CN(CC1CCCCC1O)C(=O)NCc1ccccc1OC1CCC1. The highest BCUT2D eigenvalue weighted by molar-refractivity contribution is 5.73. The van der Waals surface area contributed by atoms with E-state index >= 15 is 0 Å². The molecule has 2 aliphatic carbocycles. The molecule has 1 aromatic rings. The van der Waals surface area contributed by atoms with E-state index < -0.39 is 0 Å². The third kappa shape index (κ3) is 4.88. The molecule has 2 fully saturated rings. The number of aliphatic hydroxyl groups is 1. The normalized spacial score (nSPS) is 23.6. The number of nitrogens with one attached hydrogen (secondary N) is 1. The fraction of sp³-hybridized carbons (Fsp3) is 0.650. The number of aliphatic hydroxyl groups excluding tert-OH is 1. The molecule has 2 amide bonds. The maximum atomic E-state index is 12.4. The molecule has 0 aliphatic heterocycles. The topological polar surface area (TPSA) is 61.8 Å². The Morgan fingerprint density at radius 3 is 2.68 bits per heavy atom. The van der Waals surface area contributed by atoms with Crippen LogP contribution in [0.5, 0.6) is 5.75 Å². The molecular formula is C20H30N2O3. The number of ether oxygens (including phenoxy) is 1. The lowest BCUT2D eigenvalue weighted by Gasteiger charge is -2.31. The standard InChI is InChI=1S/C20H30N2O3/c1-22(14-16-8-2-4-11-18(16)23)20(24)21-13-15-7-3-5-12-19(15)25-17-9-6-10-17/h3,5,7,12,16-18,23H,2,4,6,8-11,13-14H2,1H3,(H,21,24). The van der Waals surface area contributed by atoms with Crippen molar-refractivity contribution in [3.8, 4) is 5.75 Å². The van der Waals surface area contributed by atoms with Crippen LogP contribution in [0.3, 0.4) is 0 Å². The smallest absolute Gasteiger partial charge is 0.317 e. The maximum absolute atomic E-state index is 12.4. The van der Waals surface area contributed by atoms with Gasteiger partial charge in [0.25, 0.3) is 0 Å². The van der Waals surface area contributed by atoms with Crippen molar-refractivity contribution in [2.75, 3.05) is 13.6 Å². The van der Waals surface area contributed by atoms with E-state index in [-0.39, 0.29) is 18.1 Å². The Labute approximate surface area is 150 Å². The van der Waals surface area contributed by atoms with E-state index in [1.54, 1.807) is 11.9 Å². The summed E-state index contributed by atoms with van der Waals surface area (Å²) in [5, 5.41) is 13.1. The van der Waals surface area contributed by atoms with Crippen molar-refractivity contribution in [2.45, 2.75) is 63.7 Å². The van der Waals surface area contributed by atoms with Gasteiger partial charge in [-0.2, -0.15) is 0 Å². The summed E-state index contributed by atoms with van der Waals surface area (Å²) in [6, 6.07) is 7.81. The Morgan fingerprint density at radius 1 is 1.20 bits per heavy atom. The molecule has 25 heavy (non-hydrogen) atoms. The number of amides is 2. The molecule has 2 saturated carbocycles. The summed E-state index contributed by atoms with van der Waals surface area (Å²) in [6.07, 6.45) is 7.60. The Kier molecular flexibility index (Phi) is 6.19. The predicted molar refractivity (Wildman–Crippen MR) is 97.5 cm³/mol. The number of benzene rings is 1. The Hall–Kier alpha value is -1.75. The predicted octanol–water partition coefficient (Wildman–Crippen LogP) is 3.31. The molecule has 2 atom stereocenters. The van der Waals surface area contributed by atoms with Crippen LogP contribution in [0, 0.1) is 5.92 Å². The number of para-hydroxylation sites is 1. The quantitative estimate of drug-likeness (QED) is 0.831. The number of rotatable bonds is 6. The molecule has 0 radical (unpaired) electrons. The van der Waals surface area contributed by atoms with Crippen molar-refractivity contribution in [3.63, 3.8) is 0 Å². The van der Waals surface area contributed by atoms with Gasteiger partial charge in [-0.25, -0.2) is 4.79 Å². The van der Waals surface area contributed by atoms with Gasteiger partial charge in [0.05, 0.1) is 12.2 Å². The third-order valence-corrected chi connectivity index (χ3v) is 5.47. The van der Waals surface area contributed by atoms with E-state index in [1.807, 2.05) is 24.3 Å². The van der Waals surface area contributed by atoms with Crippen LogP contribution in [0.2, 0.25) is 0 Å². The molecular weight excluding hydrogens is 316 g/mol. The maximum Gasteiger partial charge on any atom is 0.317 e. The van der Waals surface area contributed by atoms with Crippen LogP contribution in [0.25, 0.3) is 0 Å². The number of hydrogen-bond donors (Lipinski definition) is 2. The lowest BCUT2D eigenvalue weighted by Crippen LogP contribution is -2.42. The first-order valence-corrected chi connectivity index (χ1v) is 9.55. The minimum Gasteiger partial charge on any atom is -0.490 e. The highest BCUT2D eigenvalue weighted by atomic mass is 16.5. The summed E-state index contributed by atoms with van der Waals surface area (Å²) >= 11 is 0. The molecule has 0 heterocycles. The number of carbonyl (C=O) groups excluding carboxylic acids is 1. The van der Waals surface area contributed by atoms with Gasteiger partial charge in [-0.15, -0.1) is 0 Å². The van der Waals surface area contributed by atoms with E-state index in [2.05, 4.69) is 5.32 Å². The molecule has 2 aliphatic rings. The van der Waals surface area contributed by atoms with Gasteiger partial charge in [0.15, 0.2) is 0 Å². The van der Waals surface area contributed by atoms with Gasteiger partial charge in [0, 0.05) is 31.6 Å². The first kappa shape index (κ1) is 18.1. The summed E-state index contributed by atoms with van der Waals surface area (Å²) in [4.78, 5) is 14.1. The highest BCUT2D eigenvalue weighted by Crippen LogP contribution is 2.28. The minimum atomic E-state index is -0.277. The van der Waals surface area contributed by atoms with Gasteiger partial charge in [-0.1, -0.05) is 31.0 Å². The second-order valence-corrected chi connectivity index (χ2v) is 7.43. The second-order valence-electron chi connectivity index (χ2n) is 7.43. The van der Waals surface area contributed by atoms with Crippen molar-refractivity contribution in [1.29, 1.82) is 0 Å². The number of carbonyl (C=O) groups is 1. The average molecular weight is 346 g/mol. The van der Waals surface area contributed by atoms with Crippen LogP contribution in [0.15, 0.2) is 24.3 Å². The van der Waals surface area contributed by atoms with Crippen LogP contribution in [0.1, 0.15) is 50.5 Å². The monoisotopic (exact) mass is 346 g/mol. The van der Waals surface area contributed by atoms with Gasteiger partial charge in [0.2, 0.25) is 0 Å². The van der Waals surface area contributed by atoms with Crippen LogP contribution >= 0.6 is 0 Å². The minimum absolute atomic E-state index is 0.101. The molecule has 3 rings (SSSR count). The average Bonchev–Trinajstić information content (AvgIpc) is 2.58. The number of hydrogen-bond acceptors (Lipinski definition) is 3. The first-order valence-electron chi connectivity index (χ1n) is 9.55. The first-order chi connectivity index (χ1) is 12.1. The Balaban J connectivity index is 1.49. The van der Waals surface area contributed by atoms with E-state index in [0.717, 1.165) is 49.8 Å². The summed E-state index contributed by atoms with van der Waals surface area (Å²) in [6.45, 7) is 1.06. The largest absolute Gasteiger partial charge is 0.490 e. The summed E-state index contributed by atoms with van der Waals surface area (Å²) in [5.41, 5.74) is 1.01. The highest BCUT2D eigenvalue weighted by Gasteiger charge is 2.25. The fourth-order valence-electron chi connectivity index (χ4n) is 3.57. The van der Waals surface area contributed by atoms with E-state index in [9.17, 15) is 9.90 Å². The van der Waals surface area contributed by atoms with Gasteiger partial charge in [-0.05, 0) is 38.2 Å². The molecule has 2 N–H and O–H groups in total. The molecule has 5 heteroatoms. The zero-order valence-electron chi connectivity index (χ0n) is 15.1. The van der Waals surface area contributed by atoms with E-state index in [4.69, 9.17) is 4.74 Å². The number of urea groups is 1. The van der Waals surface area contributed by atoms with E-state index in [1.165, 1.54) is 6.42 Å². The van der Waals surface area contributed by atoms with Crippen LogP contribution in [-0.2, 0) is 6.54 Å². The second kappa shape index (κ2) is 8.56. The molecule has 0 bridgehead atoms. The Bertz CT molecular complexity index is 574. The van der Waals surface area contributed by atoms with Crippen molar-refractivity contribution in [1.82, 2.24) is 10.2 Å². The zero-order valence-corrected chi connectivity index (χ0v) is 15.1. The lowest BCUT2D eigenvalue weighted by molar-refractivity contribution is 0.0564. The summed E-state index contributed by atoms with van der Waals surface area (Å²) in [5.74, 6) is 1.07. The summed E-state index contributed by atoms with van der Waals surface area (Å²) in [7, 11) is 1.80. The van der Waals surface area contributed by atoms with Crippen molar-refractivity contribution >= 4 is 6.03 Å². The van der Waals surface area contributed by atoms with Crippen LogP contribution in [-0.4, -0.2) is 41.8 Å². The molecule has 0 saturated heterocycles. The van der Waals surface area contributed by atoms with Gasteiger partial charge in [0.1, 0.15) is 5.75 Å². The lowest BCUT2D eigenvalue weighted by atomic mass is 9.86. The van der Waals surface area contributed by atoms with Crippen LogP contribution in [0.4, 0.5) is 4.79 Å². The molecule has 2 unspecified atom stereocenters. The third-order valence-electron chi connectivity index (χ3n) is 5.47. The van der Waals surface area contributed by atoms with Crippen molar-refractivity contribution in [3.05, 3.63) is 29.8 Å². The molecule has 0 aromatic heterocycles. The number of nitrogens with zero attached hydrogens (tertiary/aromatic N) is 1.